The summed E-state index contributed by atoms with van der Waals surface area (Å²) in [7, 11) is 0. The van der Waals surface area contributed by atoms with Gasteiger partial charge in [0.25, 0.3) is 0 Å². The first-order valence-corrected chi connectivity index (χ1v) is 7.53. The number of benzene rings is 1. The smallest absolute Gasteiger partial charge is 0.307 e. The molecule has 0 radical (unpaired) electrons. The number of carbonyl (C=O) groups is 1. The normalized spacial score (nSPS) is 28.3. The predicted molar refractivity (Wildman–Crippen MR) is 80.3 cm³/mol. The van der Waals surface area contributed by atoms with E-state index in [2.05, 4.69) is 12.2 Å². The molecule has 0 heterocycles. The Labute approximate surface area is 125 Å². The molecule has 2 N–H and O–H groups in total. The first kappa shape index (κ1) is 16.0. The van der Waals surface area contributed by atoms with E-state index >= 15 is 0 Å². The summed E-state index contributed by atoms with van der Waals surface area (Å²) in [5.74, 6) is -0.992. The molecule has 2 rings (SSSR count). The first-order chi connectivity index (χ1) is 9.84. The molecule has 3 unspecified atom stereocenters. The molecule has 1 aromatic rings. The van der Waals surface area contributed by atoms with Gasteiger partial charge in [-0.3, -0.25) is 4.79 Å². The largest absolute Gasteiger partial charge is 0.481 e. The molecule has 0 bridgehead atoms. The molecule has 1 aliphatic carbocycles. The van der Waals surface area contributed by atoms with E-state index in [-0.39, 0.29) is 29.1 Å². The van der Waals surface area contributed by atoms with Crippen LogP contribution in [-0.2, 0) is 11.3 Å². The van der Waals surface area contributed by atoms with Crippen molar-refractivity contribution < 1.29 is 14.3 Å². The zero-order chi connectivity index (χ0) is 15.6. The zero-order valence-corrected chi connectivity index (χ0v) is 12.9. The maximum absolute atomic E-state index is 13.6. The predicted octanol–water partition coefficient (Wildman–Crippen LogP) is 3.44. The summed E-state index contributed by atoms with van der Waals surface area (Å²) in [5.41, 5.74) is 0.389. The van der Waals surface area contributed by atoms with Crippen molar-refractivity contribution in [1.29, 1.82) is 0 Å². The highest BCUT2D eigenvalue weighted by molar-refractivity contribution is 5.71. The van der Waals surface area contributed by atoms with E-state index in [1.165, 1.54) is 6.07 Å². The summed E-state index contributed by atoms with van der Waals surface area (Å²) in [6, 6.07) is 6.97. The standard InChI is InChI=1S/C17H24FNO2/c1-11-15(9-8-13(16(20)21)17(11,2)3)19-10-12-6-4-5-7-14(12)18/h4-7,11,13,15,19H,8-10H2,1-3H3,(H,20,21). The Morgan fingerprint density at radius 1 is 1.38 bits per heavy atom. The molecule has 4 heteroatoms. The van der Waals surface area contributed by atoms with Gasteiger partial charge in [-0.2, -0.15) is 0 Å². The summed E-state index contributed by atoms with van der Waals surface area (Å²) < 4.78 is 13.6. The molecular weight excluding hydrogens is 269 g/mol. The van der Waals surface area contributed by atoms with Gasteiger partial charge in [0.15, 0.2) is 0 Å². The fraction of sp³-hybridized carbons (Fsp3) is 0.588. The van der Waals surface area contributed by atoms with Crippen LogP contribution < -0.4 is 5.32 Å². The van der Waals surface area contributed by atoms with Crippen LogP contribution in [0.3, 0.4) is 0 Å². The van der Waals surface area contributed by atoms with E-state index in [1.807, 2.05) is 19.9 Å². The molecule has 1 aliphatic rings. The van der Waals surface area contributed by atoms with Gasteiger partial charge in [0, 0.05) is 18.2 Å². The highest BCUT2D eigenvalue weighted by Gasteiger charge is 2.45. The van der Waals surface area contributed by atoms with Gasteiger partial charge in [-0.25, -0.2) is 4.39 Å². The van der Waals surface area contributed by atoms with Crippen molar-refractivity contribution in [3.05, 3.63) is 35.6 Å². The van der Waals surface area contributed by atoms with Crippen LogP contribution in [0.1, 0.15) is 39.2 Å². The number of aliphatic carboxylic acids is 1. The van der Waals surface area contributed by atoms with E-state index in [9.17, 15) is 14.3 Å². The molecule has 0 amide bonds. The van der Waals surface area contributed by atoms with Crippen LogP contribution in [0.2, 0.25) is 0 Å². The minimum atomic E-state index is -0.709. The van der Waals surface area contributed by atoms with E-state index in [1.54, 1.807) is 12.1 Å². The monoisotopic (exact) mass is 293 g/mol. The Kier molecular flexibility index (Phi) is 4.67. The lowest BCUT2D eigenvalue weighted by Gasteiger charge is -2.46. The van der Waals surface area contributed by atoms with E-state index in [4.69, 9.17) is 0 Å². The third-order valence-electron chi connectivity index (χ3n) is 5.25. The van der Waals surface area contributed by atoms with Crippen LogP contribution in [0.5, 0.6) is 0 Å². The van der Waals surface area contributed by atoms with Crippen LogP contribution in [0.15, 0.2) is 24.3 Å². The van der Waals surface area contributed by atoms with E-state index < -0.39 is 5.97 Å². The molecule has 1 aromatic carbocycles. The van der Waals surface area contributed by atoms with E-state index in [0.717, 1.165) is 6.42 Å². The molecular formula is C17H24FNO2. The van der Waals surface area contributed by atoms with Gasteiger partial charge in [-0.15, -0.1) is 0 Å². The molecule has 0 saturated heterocycles. The number of halogens is 1. The van der Waals surface area contributed by atoms with Crippen LogP contribution in [-0.4, -0.2) is 17.1 Å². The number of rotatable bonds is 4. The van der Waals surface area contributed by atoms with Crippen molar-refractivity contribution in [2.24, 2.45) is 17.3 Å². The van der Waals surface area contributed by atoms with Gasteiger partial charge in [0.2, 0.25) is 0 Å². The molecule has 1 saturated carbocycles. The minimum absolute atomic E-state index is 0.198. The van der Waals surface area contributed by atoms with Crippen molar-refractivity contribution in [1.82, 2.24) is 5.32 Å². The number of carboxylic acid groups (broad SMARTS) is 1. The van der Waals surface area contributed by atoms with Crippen LogP contribution in [0.25, 0.3) is 0 Å². The van der Waals surface area contributed by atoms with Crippen molar-refractivity contribution >= 4 is 5.97 Å². The second-order valence-corrected chi connectivity index (χ2v) is 6.66. The fourth-order valence-electron chi connectivity index (χ4n) is 3.41. The summed E-state index contributed by atoms with van der Waals surface area (Å²) in [4.78, 5) is 11.4. The Morgan fingerprint density at radius 3 is 2.67 bits per heavy atom. The average molecular weight is 293 g/mol. The van der Waals surface area contributed by atoms with Gasteiger partial charge in [-0.1, -0.05) is 39.0 Å². The summed E-state index contributed by atoms with van der Waals surface area (Å²) in [6.07, 6.45) is 1.48. The minimum Gasteiger partial charge on any atom is -0.481 e. The average Bonchev–Trinajstić information content (AvgIpc) is 2.41. The van der Waals surface area contributed by atoms with Gasteiger partial charge in [-0.05, 0) is 30.2 Å². The Morgan fingerprint density at radius 2 is 2.05 bits per heavy atom. The topological polar surface area (TPSA) is 49.3 Å². The maximum atomic E-state index is 13.6. The molecule has 3 nitrogen and oxygen atoms in total. The number of hydrogen-bond acceptors (Lipinski definition) is 2. The lowest BCUT2D eigenvalue weighted by atomic mass is 9.61. The number of carboxylic acids is 1. The first-order valence-electron chi connectivity index (χ1n) is 7.53. The SMILES string of the molecule is CC1C(NCc2ccccc2F)CCC(C(=O)O)C1(C)C. The molecule has 3 atom stereocenters. The summed E-state index contributed by atoms with van der Waals surface area (Å²) >= 11 is 0. The molecule has 0 spiro atoms. The Bertz CT molecular complexity index is 515. The third kappa shape index (κ3) is 3.26. The van der Waals surface area contributed by atoms with Gasteiger partial charge in [0.1, 0.15) is 5.82 Å². The van der Waals surface area contributed by atoms with Gasteiger partial charge >= 0.3 is 5.97 Å². The Balaban J connectivity index is 2.03. The number of nitrogens with one attached hydrogen (secondary N) is 1. The lowest BCUT2D eigenvalue weighted by Crippen LogP contribution is -2.50. The third-order valence-corrected chi connectivity index (χ3v) is 5.25. The van der Waals surface area contributed by atoms with Crippen LogP contribution >= 0.6 is 0 Å². The number of hydrogen-bond donors (Lipinski definition) is 2. The molecule has 116 valence electrons. The second-order valence-electron chi connectivity index (χ2n) is 6.66. The lowest BCUT2D eigenvalue weighted by molar-refractivity contribution is -0.150. The molecule has 21 heavy (non-hydrogen) atoms. The van der Waals surface area contributed by atoms with Crippen molar-refractivity contribution in [3.8, 4) is 0 Å². The van der Waals surface area contributed by atoms with Crippen molar-refractivity contribution in [2.45, 2.75) is 46.2 Å². The molecule has 0 aliphatic heterocycles. The van der Waals surface area contributed by atoms with Crippen molar-refractivity contribution in [2.75, 3.05) is 0 Å². The van der Waals surface area contributed by atoms with E-state index in [0.29, 0.717) is 18.5 Å². The zero-order valence-electron chi connectivity index (χ0n) is 12.9. The quantitative estimate of drug-likeness (QED) is 0.894. The van der Waals surface area contributed by atoms with Gasteiger partial charge in [0.05, 0.1) is 5.92 Å². The summed E-state index contributed by atoms with van der Waals surface area (Å²) in [6.45, 7) is 6.62. The molecule has 0 aromatic heterocycles. The highest BCUT2D eigenvalue weighted by atomic mass is 19.1. The Hall–Kier alpha value is -1.42. The summed E-state index contributed by atoms with van der Waals surface area (Å²) in [5, 5.41) is 12.8. The highest BCUT2D eigenvalue weighted by Crippen LogP contribution is 2.45. The maximum Gasteiger partial charge on any atom is 0.307 e. The fourth-order valence-corrected chi connectivity index (χ4v) is 3.41. The second kappa shape index (κ2) is 6.14. The van der Waals surface area contributed by atoms with Crippen molar-refractivity contribution in [3.63, 3.8) is 0 Å². The molecule has 1 fully saturated rings. The van der Waals surface area contributed by atoms with Crippen LogP contribution in [0, 0.1) is 23.1 Å². The van der Waals surface area contributed by atoms with Crippen LogP contribution in [0.4, 0.5) is 4.39 Å². The van der Waals surface area contributed by atoms with Gasteiger partial charge < -0.3 is 10.4 Å².